The van der Waals surface area contributed by atoms with Gasteiger partial charge in [0.05, 0.1) is 7.11 Å². The Kier molecular flexibility index (Phi) is 4.98. The van der Waals surface area contributed by atoms with Crippen LogP contribution in [0.15, 0.2) is 28.8 Å². The summed E-state index contributed by atoms with van der Waals surface area (Å²) >= 11 is 0. The van der Waals surface area contributed by atoms with Crippen LogP contribution < -0.4 is 10.1 Å². The monoisotopic (exact) mass is 330 g/mol. The van der Waals surface area contributed by atoms with Gasteiger partial charge in [-0.1, -0.05) is 17.3 Å². The summed E-state index contributed by atoms with van der Waals surface area (Å²) in [4.78, 5) is 18.2. The molecule has 24 heavy (non-hydrogen) atoms. The zero-order chi connectivity index (χ0) is 16.9. The third-order valence-corrected chi connectivity index (χ3v) is 4.23. The van der Waals surface area contributed by atoms with Gasteiger partial charge in [-0.3, -0.25) is 0 Å². The normalized spacial score (nSPS) is 15.3. The Bertz CT molecular complexity index is 693. The van der Waals surface area contributed by atoms with Crippen LogP contribution in [0.25, 0.3) is 11.4 Å². The summed E-state index contributed by atoms with van der Waals surface area (Å²) in [6.45, 7) is 3.97. The summed E-state index contributed by atoms with van der Waals surface area (Å²) in [6, 6.07) is 7.58. The Labute approximate surface area is 141 Å². The average Bonchev–Trinajstić information content (AvgIpc) is 3.12. The van der Waals surface area contributed by atoms with Crippen molar-refractivity contribution >= 4 is 6.03 Å². The summed E-state index contributed by atoms with van der Waals surface area (Å²) in [5, 5.41) is 6.92. The molecule has 1 saturated heterocycles. The standard InChI is InChI=1S/C17H22N4O3/c1-3-18-17(22)21-9-7-12(8-10-21)16-19-15(20-24-16)13-5-4-6-14(11-13)23-2/h4-6,11-12H,3,7-10H2,1-2H3,(H,18,22). The maximum atomic E-state index is 11.8. The molecule has 0 spiro atoms. The minimum atomic E-state index is -0.00134. The van der Waals surface area contributed by atoms with Crippen LogP contribution in [0.3, 0.4) is 0 Å². The molecule has 1 aromatic heterocycles. The number of methoxy groups -OCH3 is 1. The lowest BCUT2D eigenvalue weighted by Crippen LogP contribution is -2.44. The first-order valence-electron chi connectivity index (χ1n) is 8.22. The van der Waals surface area contributed by atoms with E-state index in [0.717, 1.165) is 24.2 Å². The van der Waals surface area contributed by atoms with Gasteiger partial charge in [0.15, 0.2) is 0 Å². The minimum Gasteiger partial charge on any atom is -0.497 e. The summed E-state index contributed by atoms with van der Waals surface area (Å²) in [5.74, 6) is 2.16. The van der Waals surface area contributed by atoms with E-state index >= 15 is 0 Å². The van der Waals surface area contributed by atoms with Gasteiger partial charge in [-0.25, -0.2) is 4.79 Å². The summed E-state index contributed by atoms with van der Waals surface area (Å²) in [7, 11) is 1.63. The second-order valence-electron chi connectivity index (χ2n) is 5.78. The van der Waals surface area contributed by atoms with Crippen LogP contribution in [0.5, 0.6) is 5.75 Å². The molecular weight excluding hydrogens is 308 g/mol. The molecule has 1 aliphatic heterocycles. The number of ether oxygens (including phenoxy) is 1. The van der Waals surface area contributed by atoms with Gasteiger partial charge in [-0.05, 0) is 31.9 Å². The highest BCUT2D eigenvalue weighted by Gasteiger charge is 2.27. The van der Waals surface area contributed by atoms with E-state index in [4.69, 9.17) is 9.26 Å². The van der Waals surface area contributed by atoms with E-state index in [0.29, 0.717) is 31.3 Å². The fourth-order valence-corrected chi connectivity index (χ4v) is 2.87. The van der Waals surface area contributed by atoms with Crippen LogP contribution >= 0.6 is 0 Å². The lowest BCUT2D eigenvalue weighted by molar-refractivity contribution is 0.176. The predicted octanol–water partition coefficient (Wildman–Crippen LogP) is 2.65. The molecule has 1 aromatic carbocycles. The SMILES string of the molecule is CCNC(=O)N1CCC(c2nc(-c3cccc(OC)c3)no2)CC1. The smallest absolute Gasteiger partial charge is 0.317 e. The number of amides is 2. The van der Waals surface area contributed by atoms with Crippen LogP contribution in [-0.2, 0) is 0 Å². The number of hydrogen-bond acceptors (Lipinski definition) is 5. The number of rotatable bonds is 4. The average molecular weight is 330 g/mol. The Morgan fingerprint density at radius 1 is 1.42 bits per heavy atom. The minimum absolute atomic E-state index is 0.00134. The second kappa shape index (κ2) is 7.33. The van der Waals surface area contributed by atoms with E-state index in [2.05, 4.69) is 15.5 Å². The molecule has 0 aliphatic carbocycles. The number of likely N-dealkylation sites (tertiary alicyclic amines) is 1. The second-order valence-corrected chi connectivity index (χ2v) is 5.78. The van der Waals surface area contributed by atoms with Gasteiger partial charge in [0, 0.05) is 31.1 Å². The Morgan fingerprint density at radius 3 is 2.92 bits per heavy atom. The quantitative estimate of drug-likeness (QED) is 0.932. The van der Waals surface area contributed by atoms with Crippen molar-refractivity contribution < 1.29 is 14.1 Å². The van der Waals surface area contributed by atoms with Gasteiger partial charge in [-0.15, -0.1) is 0 Å². The van der Waals surface area contributed by atoms with Gasteiger partial charge >= 0.3 is 6.03 Å². The first-order valence-corrected chi connectivity index (χ1v) is 8.22. The summed E-state index contributed by atoms with van der Waals surface area (Å²) < 4.78 is 10.7. The van der Waals surface area contributed by atoms with Crippen LogP contribution in [0.1, 0.15) is 31.6 Å². The molecule has 128 valence electrons. The highest BCUT2D eigenvalue weighted by atomic mass is 16.5. The largest absolute Gasteiger partial charge is 0.497 e. The topological polar surface area (TPSA) is 80.5 Å². The number of hydrogen-bond donors (Lipinski definition) is 1. The number of carbonyl (C=O) groups is 1. The molecule has 0 unspecified atom stereocenters. The van der Waals surface area contributed by atoms with Gasteiger partial charge in [-0.2, -0.15) is 4.98 Å². The van der Waals surface area contributed by atoms with Crippen molar-refractivity contribution in [3.63, 3.8) is 0 Å². The molecule has 7 heteroatoms. The van der Waals surface area contributed by atoms with E-state index in [-0.39, 0.29) is 11.9 Å². The number of carbonyl (C=O) groups excluding carboxylic acids is 1. The number of aromatic nitrogens is 2. The van der Waals surface area contributed by atoms with Crippen molar-refractivity contribution in [2.75, 3.05) is 26.7 Å². The number of benzene rings is 1. The number of nitrogens with one attached hydrogen (secondary N) is 1. The molecule has 1 aliphatic rings. The van der Waals surface area contributed by atoms with Crippen LogP contribution in [0.2, 0.25) is 0 Å². The molecule has 0 radical (unpaired) electrons. The third-order valence-electron chi connectivity index (χ3n) is 4.23. The van der Waals surface area contributed by atoms with Crippen LogP contribution in [0.4, 0.5) is 4.79 Å². The van der Waals surface area contributed by atoms with E-state index < -0.39 is 0 Å². The highest BCUT2D eigenvalue weighted by Crippen LogP contribution is 2.29. The molecule has 0 saturated carbocycles. The van der Waals surface area contributed by atoms with E-state index in [1.807, 2.05) is 36.1 Å². The zero-order valence-corrected chi connectivity index (χ0v) is 14.0. The molecule has 1 fully saturated rings. The Morgan fingerprint density at radius 2 is 2.21 bits per heavy atom. The highest BCUT2D eigenvalue weighted by molar-refractivity contribution is 5.74. The van der Waals surface area contributed by atoms with E-state index in [9.17, 15) is 4.79 Å². The van der Waals surface area contributed by atoms with Gasteiger partial charge in [0.25, 0.3) is 0 Å². The maximum Gasteiger partial charge on any atom is 0.317 e. The Balaban J connectivity index is 1.65. The third kappa shape index (κ3) is 3.50. The molecule has 2 heterocycles. The lowest BCUT2D eigenvalue weighted by atomic mass is 9.97. The van der Waals surface area contributed by atoms with Crippen molar-refractivity contribution in [2.45, 2.75) is 25.7 Å². The molecule has 7 nitrogen and oxygen atoms in total. The molecule has 0 bridgehead atoms. The first kappa shape index (κ1) is 16.3. The molecule has 1 N–H and O–H groups in total. The van der Waals surface area contributed by atoms with Crippen molar-refractivity contribution in [3.05, 3.63) is 30.2 Å². The van der Waals surface area contributed by atoms with Crippen molar-refractivity contribution in [1.29, 1.82) is 0 Å². The Hall–Kier alpha value is -2.57. The van der Waals surface area contributed by atoms with Crippen molar-refractivity contribution in [2.24, 2.45) is 0 Å². The summed E-state index contributed by atoms with van der Waals surface area (Å²) in [6.07, 6.45) is 1.66. The van der Waals surface area contributed by atoms with Gasteiger partial charge in [0.1, 0.15) is 5.75 Å². The molecule has 2 amide bonds. The summed E-state index contributed by atoms with van der Waals surface area (Å²) in [5.41, 5.74) is 0.865. The molecular formula is C17H22N4O3. The van der Waals surface area contributed by atoms with Gasteiger partial charge in [0.2, 0.25) is 11.7 Å². The van der Waals surface area contributed by atoms with Crippen LogP contribution in [0, 0.1) is 0 Å². The molecule has 3 rings (SSSR count). The van der Waals surface area contributed by atoms with E-state index in [1.165, 1.54) is 0 Å². The van der Waals surface area contributed by atoms with Crippen molar-refractivity contribution in [1.82, 2.24) is 20.4 Å². The first-order chi connectivity index (χ1) is 11.7. The lowest BCUT2D eigenvalue weighted by Gasteiger charge is -2.30. The fourth-order valence-electron chi connectivity index (χ4n) is 2.87. The fraction of sp³-hybridized carbons (Fsp3) is 0.471. The van der Waals surface area contributed by atoms with Gasteiger partial charge < -0.3 is 19.5 Å². The number of urea groups is 1. The number of nitrogens with zero attached hydrogens (tertiary/aromatic N) is 3. The molecule has 0 atom stereocenters. The predicted molar refractivity (Wildman–Crippen MR) is 88.9 cm³/mol. The maximum absolute atomic E-state index is 11.8. The van der Waals surface area contributed by atoms with Crippen LogP contribution in [-0.4, -0.2) is 47.8 Å². The molecule has 2 aromatic rings. The van der Waals surface area contributed by atoms with E-state index in [1.54, 1.807) is 7.11 Å². The zero-order valence-electron chi connectivity index (χ0n) is 14.0. The number of piperidine rings is 1. The van der Waals surface area contributed by atoms with Crippen molar-refractivity contribution in [3.8, 4) is 17.1 Å².